The number of rotatable bonds is 26. The summed E-state index contributed by atoms with van der Waals surface area (Å²) in [4.78, 5) is 204. The van der Waals surface area contributed by atoms with E-state index in [0.717, 1.165) is 48.5 Å². The summed E-state index contributed by atoms with van der Waals surface area (Å²) in [5.74, 6) is -24.9. The van der Waals surface area contributed by atoms with Crippen molar-refractivity contribution in [3.63, 3.8) is 0 Å². The van der Waals surface area contributed by atoms with Crippen LogP contribution in [0.4, 0.5) is 16.2 Å². The van der Waals surface area contributed by atoms with Gasteiger partial charge in [0.2, 0.25) is 0 Å². The molecule has 4 fully saturated rings. The Morgan fingerprint density at radius 1 is 0.308 bits per heavy atom. The quantitative estimate of drug-likeness (QED) is 0.0416. The van der Waals surface area contributed by atoms with Crippen molar-refractivity contribution in [2.24, 2.45) is 0 Å². The van der Waals surface area contributed by atoms with E-state index < -0.39 is 226 Å². The molecule has 18 N–H and O–H groups in total. The van der Waals surface area contributed by atoms with Crippen molar-refractivity contribution in [3.05, 3.63) is 48.5 Å². The number of ether oxygens (including phenoxy) is 4. The smallest absolute Gasteiger partial charge is 0.323 e. The summed E-state index contributed by atoms with van der Waals surface area (Å²) >= 11 is 0.344. The molecule has 24 atom stereocenters. The number of Topliss-reactive ketones (excluding diaryl/α,β-unsaturated/α-hetero) is 14. The SMILES string of the molecule is CC(=O)C(O)[C@H]1O[C@@H](Sc2ccc(NC(=O)Nc3ccc(S[C@@H]4O[C@H](C(O)C(C)=O)[C@](O)([C@@H]5O[C@H](C(O)C(C)=O)[C@](O)(C(C)=O)[C@@](O)(C(C)=O)[C@]5(O)C(C)=O)[C@@](O)(C(C)=O)[C@]4(O)C(C)=O)cc3)cc2)[C@@](O)(C(C)=O)[C@](O)(C(C)=O)[C@@]1(O)[C@@H]1O[C@H](C(O)C(C)=O)[C@](O)(C(C)=O)[C@@](O)(C(C)=O)[C@]1(O)C(C)=O. The lowest BCUT2D eigenvalue weighted by atomic mass is 9.51. The molecular weight excluding hydrogens is 1430 g/mol. The summed E-state index contributed by atoms with van der Waals surface area (Å²) in [6.07, 6.45) is -31.6. The number of aliphatic hydroxyl groups excluding tert-OH is 4. The van der Waals surface area contributed by atoms with E-state index in [4.69, 9.17) is 18.9 Å². The molecular formula is C65H80N2O35S2. The molecule has 0 saturated carbocycles. The van der Waals surface area contributed by atoms with Gasteiger partial charge in [0.25, 0.3) is 0 Å². The van der Waals surface area contributed by atoms with E-state index in [-0.39, 0.29) is 44.7 Å². The fourth-order valence-corrected chi connectivity index (χ4v) is 17.0. The highest BCUT2D eigenvalue weighted by atomic mass is 32.2. The van der Waals surface area contributed by atoms with Crippen molar-refractivity contribution in [1.82, 2.24) is 0 Å². The fourth-order valence-electron chi connectivity index (χ4n) is 14.5. The number of aliphatic hydroxyl groups is 16. The second-order valence-electron chi connectivity index (χ2n) is 26.4. The van der Waals surface area contributed by atoms with Crippen molar-refractivity contribution in [3.8, 4) is 0 Å². The maximum absolute atomic E-state index is 14.3. The first-order valence-electron chi connectivity index (χ1n) is 31.1. The summed E-state index contributed by atoms with van der Waals surface area (Å²) in [5, 5.41) is 203. The van der Waals surface area contributed by atoms with Gasteiger partial charge in [0.1, 0.15) is 71.9 Å². The van der Waals surface area contributed by atoms with Crippen LogP contribution in [-0.2, 0) is 86.1 Å². The van der Waals surface area contributed by atoms with Gasteiger partial charge in [-0.15, -0.1) is 0 Å². The van der Waals surface area contributed by atoms with Gasteiger partial charge in [-0.3, -0.25) is 67.1 Å². The minimum absolute atomic E-state index is 0.113. The zero-order valence-corrected chi connectivity index (χ0v) is 59.4. The van der Waals surface area contributed by atoms with Gasteiger partial charge in [0.15, 0.2) is 148 Å². The molecule has 4 saturated heterocycles. The highest BCUT2D eigenvalue weighted by Crippen LogP contribution is 2.62. The maximum atomic E-state index is 14.3. The number of hydrogen-bond acceptors (Lipinski definition) is 37. The molecule has 572 valence electrons. The van der Waals surface area contributed by atoms with E-state index >= 15 is 0 Å². The number of ketones is 14. The third-order valence-corrected chi connectivity index (χ3v) is 22.7. The minimum Gasteiger partial charge on any atom is -0.382 e. The number of anilines is 2. The molecule has 0 bridgehead atoms. The Hall–Kier alpha value is -7.01. The van der Waals surface area contributed by atoms with E-state index in [0.29, 0.717) is 96.9 Å². The van der Waals surface area contributed by atoms with Gasteiger partial charge in [-0.25, -0.2) is 4.79 Å². The van der Waals surface area contributed by atoms with Crippen LogP contribution < -0.4 is 10.6 Å². The molecule has 0 aliphatic carbocycles. The Balaban J connectivity index is 1.37. The molecule has 39 heteroatoms. The number of carbonyl (C=O) groups excluding carboxylic acids is 15. The third-order valence-electron chi connectivity index (χ3n) is 20.3. The van der Waals surface area contributed by atoms with Crippen LogP contribution in [0.2, 0.25) is 0 Å². The average Bonchev–Trinajstić information content (AvgIpc) is 0.660. The molecule has 2 aromatic rings. The molecule has 4 aliphatic rings. The largest absolute Gasteiger partial charge is 0.382 e. The Morgan fingerprint density at radius 2 is 0.529 bits per heavy atom. The third kappa shape index (κ3) is 11.6. The second kappa shape index (κ2) is 28.6. The standard InChI is InChI=1S/C65H80N2O35S2/c1-23(68)41(82)45-54(87,27(5)72)62(95,33(11)78)56(89,29(7)74)49(99-45)60(93)47(43(84)25(3)70)101-51(58(91,31(9)76)64(60,97)35(13)80)103-39-19-15-37(16-20-39)66-53(86)67-38-17-21-40(22-18-38)104-52-59(92,32(10)77)65(98,36(14)81)61(94,48(102-52)44(85)26(4)71)50-57(90,30(8)75)63(96,34(12)79)55(88,28(6)73)46(100-50)42(83)24(2)69/h15-22,41-52,82-85,87-98H,1-14H3,(H2,66,67,86)/t41?,42?,43?,44?,45-,46-,47-,48-,49-,50-,51+,52+,54-,55-,56+,57+,58+,59+,60+,61+,62+,63+,64-,65-/m1/s1. The predicted octanol–water partition coefficient (Wildman–Crippen LogP) is -7.04. The summed E-state index contributed by atoms with van der Waals surface area (Å²) in [6, 6.07) is 7.85. The summed E-state index contributed by atoms with van der Waals surface area (Å²) < 4.78 is 23.0. The summed E-state index contributed by atoms with van der Waals surface area (Å²) in [6.45, 7) is 6.30. The lowest BCUT2D eigenvalue weighted by Gasteiger charge is -2.66. The van der Waals surface area contributed by atoms with Crippen LogP contribution in [0.25, 0.3) is 0 Å². The van der Waals surface area contributed by atoms with Crippen LogP contribution in [0.5, 0.6) is 0 Å². The predicted molar refractivity (Wildman–Crippen MR) is 345 cm³/mol. The van der Waals surface area contributed by atoms with E-state index in [1.165, 1.54) is 0 Å². The first-order valence-corrected chi connectivity index (χ1v) is 32.8. The highest BCUT2D eigenvalue weighted by molar-refractivity contribution is 8.00. The average molecular weight is 1510 g/mol. The molecule has 0 radical (unpaired) electrons. The Labute approximate surface area is 597 Å². The number of nitrogens with one attached hydrogen (secondary N) is 2. The summed E-state index contributed by atoms with van der Waals surface area (Å²) in [7, 11) is 0. The first-order chi connectivity index (χ1) is 47.3. The van der Waals surface area contributed by atoms with Gasteiger partial charge in [-0.1, -0.05) is 23.5 Å². The van der Waals surface area contributed by atoms with Crippen molar-refractivity contribution < 1.29 is 173 Å². The monoisotopic (exact) mass is 1510 g/mol. The van der Waals surface area contributed by atoms with Gasteiger partial charge in [-0.2, -0.15) is 0 Å². The highest BCUT2D eigenvalue weighted by Gasteiger charge is 2.91. The van der Waals surface area contributed by atoms with Gasteiger partial charge in [0, 0.05) is 21.2 Å². The Kier molecular flexibility index (Phi) is 23.6. The molecule has 2 amide bonds. The van der Waals surface area contributed by atoms with Crippen molar-refractivity contribution in [2.75, 3.05) is 10.6 Å². The van der Waals surface area contributed by atoms with Crippen molar-refractivity contribution in [2.45, 2.75) is 246 Å². The molecule has 0 spiro atoms. The van der Waals surface area contributed by atoms with E-state index in [9.17, 15) is 154 Å². The van der Waals surface area contributed by atoms with E-state index in [2.05, 4.69) is 10.6 Å². The van der Waals surface area contributed by atoms with Crippen LogP contribution in [0, 0.1) is 0 Å². The second-order valence-corrected chi connectivity index (χ2v) is 28.7. The lowest BCUT2D eigenvalue weighted by molar-refractivity contribution is -0.401. The number of carbonyl (C=O) groups is 15. The van der Waals surface area contributed by atoms with Gasteiger partial charge in [0.05, 0.1) is 0 Å². The fraction of sp³-hybridized carbons (Fsp3) is 0.585. The van der Waals surface area contributed by atoms with E-state index in [1.807, 2.05) is 0 Å². The van der Waals surface area contributed by atoms with Gasteiger partial charge < -0.3 is 111 Å². The number of benzene rings is 2. The van der Waals surface area contributed by atoms with Crippen LogP contribution in [0.3, 0.4) is 0 Å². The lowest BCUT2D eigenvalue weighted by Crippen LogP contribution is -2.95. The Bertz CT molecular complexity index is 3720. The number of amides is 2. The number of urea groups is 1. The molecule has 37 nitrogen and oxygen atoms in total. The first kappa shape index (κ1) is 85.9. The van der Waals surface area contributed by atoms with Gasteiger partial charge in [-0.05, 0) is 145 Å². The molecule has 6 rings (SSSR count). The van der Waals surface area contributed by atoms with Crippen LogP contribution in [0.1, 0.15) is 96.9 Å². The molecule has 0 aromatic heterocycles. The molecule has 4 unspecified atom stereocenters. The number of thioether (sulfide) groups is 2. The Morgan fingerprint density at radius 3 is 0.731 bits per heavy atom. The maximum Gasteiger partial charge on any atom is 0.323 e. The zero-order valence-electron chi connectivity index (χ0n) is 57.8. The van der Waals surface area contributed by atoms with Crippen molar-refractivity contribution >= 4 is 122 Å². The van der Waals surface area contributed by atoms with Crippen LogP contribution >= 0.6 is 23.5 Å². The summed E-state index contributed by atoms with van der Waals surface area (Å²) in [5.41, 5.74) is -57.5. The van der Waals surface area contributed by atoms with Crippen molar-refractivity contribution in [1.29, 1.82) is 0 Å². The zero-order chi connectivity index (χ0) is 80.2. The molecule has 4 aliphatic heterocycles. The normalized spacial score (nSPS) is 38.9. The van der Waals surface area contributed by atoms with Crippen LogP contribution in [-0.4, -0.2) is 308 Å². The molecule has 104 heavy (non-hydrogen) atoms. The minimum atomic E-state index is -4.52. The molecule has 4 heterocycles. The van der Waals surface area contributed by atoms with Gasteiger partial charge >= 0.3 is 6.03 Å². The van der Waals surface area contributed by atoms with Crippen LogP contribution in [0.15, 0.2) is 58.3 Å². The number of hydrogen-bond donors (Lipinski definition) is 18. The molecule has 2 aromatic carbocycles. The van der Waals surface area contributed by atoms with E-state index in [1.54, 1.807) is 0 Å². The topological polar surface area (TPSA) is 641 Å².